The number of nitrogens with zero attached hydrogens (tertiary/aromatic N) is 1. The van der Waals surface area contributed by atoms with E-state index in [1.54, 1.807) is 0 Å². The van der Waals surface area contributed by atoms with Crippen molar-refractivity contribution in [3.05, 3.63) is 0 Å². The van der Waals surface area contributed by atoms with Gasteiger partial charge in [-0.25, -0.2) is 4.79 Å². The molecule has 0 heterocycles. The second-order valence-corrected chi connectivity index (χ2v) is 6.04. The normalized spacial score (nSPS) is 12.8. The van der Waals surface area contributed by atoms with Gasteiger partial charge in [0.25, 0.3) is 0 Å². The minimum absolute atomic E-state index is 0.552. The summed E-state index contributed by atoms with van der Waals surface area (Å²) in [6.45, 7) is 6.78. The zero-order chi connectivity index (χ0) is 13.5. The average molecular weight is 244 g/mol. The molecule has 0 bridgehead atoms. The summed E-state index contributed by atoms with van der Waals surface area (Å²) in [5.41, 5.74) is -0.705. The van der Waals surface area contributed by atoms with Gasteiger partial charge in [0.1, 0.15) is 0 Å². The molecule has 3 nitrogen and oxygen atoms in total. The molecule has 0 rings (SSSR count). The summed E-state index contributed by atoms with van der Waals surface area (Å²) in [4.78, 5) is 11.2. The lowest BCUT2D eigenvalue weighted by molar-refractivity contribution is -0.928. The van der Waals surface area contributed by atoms with E-state index < -0.39 is 11.5 Å². The van der Waals surface area contributed by atoms with Crippen LogP contribution in [0.25, 0.3) is 0 Å². The van der Waals surface area contributed by atoms with Crippen LogP contribution in [0.3, 0.4) is 0 Å². The van der Waals surface area contributed by atoms with Crippen LogP contribution in [0, 0.1) is 0 Å². The number of rotatable bonds is 9. The molecule has 0 amide bonds. The van der Waals surface area contributed by atoms with E-state index in [4.69, 9.17) is 0 Å². The van der Waals surface area contributed by atoms with Gasteiger partial charge in [0.2, 0.25) is 0 Å². The molecule has 0 radical (unpaired) electrons. The molecule has 0 saturated carbocycles. The predicted molar refractivity (Wildman–Crippen MR) is 72.1 cm³/mol. The van der Waals surface area contributed by atoms with Crippen molar-refractivity contribution < 1.29 is 14.4 Å². The highest BCUT2D eigenvalue weighted by Gasteiger charge is 2.43. The molecule has 0 unspecified atom stereocenters. The third-order valence-corrected chi connectivity index (χ3v) is 4.11. The monoisotopic (exact) mass is 244 g/mol. The van der Waals surface area contributed by atoms with Crippen LogP contribution in [-0.2, 0) is 4.79 Å². The molecule has 0 fully saturated rings. The minimum Gasteiger partial charge on any atom is -0.477 e. The van der Waals surface area contributed by atoms with Crippen LogP contribution in [0.2, 0.25) is 0 Å². The Hall–Kier alpha value is -0.570. The molecule has 0 aromatic carbocycles. The van der Waals surface area contributed by atoms with Gasteiger partial charge in [0.15, 0.2) is 5.54 Å². The zero-order valence-electron chi connectivity index (χ0n) is 12.3. The summed E-state index contributed by atoms with van der Waals surface area (Å²) in [5.74, 6) is -0.714. The third-order valence-electron chi connectivity index (χ3n) is 4.11. The number of quaternary nitrogens is 1. The van der Waals surface area contributed by atoms with Gasteiger partial charge in [0, 0.05) is 13.8 Å². The van der Waals surface area contributed by atoms with Crippen molar-refractivity contribution in [1.29, 1.82) is 0 Å². The van der Waals surface area contributed by atoms with Crippen LogP contribution in [0.4, 0.5) is 0 Å². The number of carboxylic acid groups (broad SMARTS) is 1. The number of carboxylic acids is 1. The highest BCUT2D eigenvalue weighted by atomic mass is 16.4. The Kier molecular flexibility index (Phi) is 6.76. The van der Waals surface area contributed by atoms with Gasteiger partial charge in [-0.3, -0.25) is 0 Å². The van der Waals surface area contributed by atoms with Gasteiger partial charge in [0.05, 0.1) is 20.6 Å². The molecule has 1 N–H and O–H groups in total. The molecule has 0 saturated heterocycles. The Balaban J connectivity index is 3.98. The number of aliphatic carboxylic acids is 1. The first-order chi connectivity index (χ1) is 7.75. The minimum atomic E-state index is -0.714. The van der Waals surface area contributed by atoms with Crippen LogP contribution >= 0.6 is 0 Å². The number of carbonyl (C=O) groups is 1. The van der Waals surface area contributed by atoms with E-state index in [0.29, 0.717) is 4.48 Å². The van der Waals surface area contributed by atoms with E-state index >= 15 is 0 Å². The Morgan fingerprint density at radius 1 is 1.06 bits per heavy atom. The zero-order valence-corrected chi connectivity index (χ0v) is 12.3. The van der Waals surface area contributed by atoms with Crippen LogP contribution in [-0.4, -0.2) is 41.7 Å². The van der Waals surface area contributed by atoms with Crippen LogP contribution in [0.1, 0.15) is 59.3 Å². The lowest BCUT2D eigenvalue weighted by Crippen LogP contribution is -2.60. The summed E-state index contributed by atoms with van der Waals surface area (Å²) in [6.07, 6.45) is 7.52. The molecule has 0 aliphatic rings. The average Bonchev–Trinajstić information content (AvgIpc) is 2.22. The second-order valence-electron chi connectivity index (χ2n) is 6.04. The van der Waals surface area contributed by atoms with E-state index in [2.05, 4.69) is 6.92 Å². The maximum absolute atomic E-state index is 11.2. The molecule has 0 spiro atoms. The predicted octanol–water partition coefficient (Wildman–Crippen LogP) is 3.29. The SMILES string of the molecule is CCCCCCCC[N+](C)(C)C(C)(C)C(=O)O. The number of hydrogen-bond donors (Lipinski definition) is 1. The van der Waals surface area contributed by atoms with Crippen LogP contribution < -0.4 is 0 Å². The maximum atomic E-state index is 11.2. The summed E-state index contributed by atoms with van der Waals surface area (Å²) in [7, 11) is 4.03. The van der Waals surface area contributed by atoms with Crippen molar-refractivity contribution >= 4 is 5.97 Å². The summed E-state index contributed by atoms with van der Waals surface area (Å²) in [5, 5.41) is 9.23. The number of likely N-dealkylation sites (N-methyl/N-ethyl adjacent to an activating group) is 1. The molecule has 0 aromatic heterocycles. The first kappa shape index (κ1) is 16.4. The van der Waals surface area contributed by atoms with E-state index in [1.165, 1.54) is 32.1 Å². The lowest BCUT2D eigenvalue weighted by atomic mass is 9.99. The molecule has 0 aliphatic heterocycles. The molecule has 0 aliphatic carbocycles. The van der Waals surface area contributed by atoms with Gasteiger partial charge in [-0.1, -0.05) is 32.6 Å². The van der Waals surface area contributed by atoms with Gasteiger partial charge in [-0.15, -0.1) is 0 Å². The lowest BCUT2D eigenvalue weighted by Gasteiger charge is -2.41. The maximum Gasteiger partial charge on any atom is 0.365 e. The largest absolute Gasteiger partial charge is 0.477 e. The van der Waals surface area contributed by atoms with Crippen molar-refractivity contribution in [1.82, 2.24) is 0 Å². The van der Waals surface area contributed by atoms with E-state index in [0.717, 1.165) is 13.0 Å². The number of hydrogen-bond acceptors (Lipinski definition) is 1. The van der Waals surface area contributed by atoms with Gasteiger partial charge >= 0.3 is 5.97 Å². The smallest absolute Gasteiger partial charge is 0.365 e. The fraction of sp³-hybridized carbons (Fsp3) is 0.929. The van der Waals surface area contributed by atoms with Crippen molar-refractivity contribution in [2.75, 3.05) is 20.6 Å². The van der Waals surface area contributed by atoms with Gasteiger partial charge in [-0.2, -0.15) is 0 Å². The molecule has 0 atom stereocenters. The second kappa shape index (κ2) is 7.00. The molecule has 0 aromatic rings. The topological polar surface area (TPSA) is 37.3 Å². The Labute approximate surface area is 106 Å². The first-order valence-corrected chi connectivity index (χ1v) is 6.82. The Morgan fingerprint density at radius 3 is 2.00 bits per heavy atom. The van der Waals surface area contributed by atoms with Crippen LogP contribution in [0.15, 0.2) is 0 Å². The molecular weight excluding hydrogens is 214 g/mol. The molecule has 17 heavy (non-hydrogen) atoms. The van der Waals surface area contributed by atoms with Crippen LogP contribution in [0.5, 0.6) is 0 Å². The van der Waals surface area contributed by atoms with Gasteiger partial charge < -0.3 is 9.59 Å². The fourth-order valence-corrected chi connectivity index (χ4v) is 1.83. The highest BCUT2D eigenvalue weighted by molar-refractivity contribution is 5.76. The highest BCUT2D eigenvalue weighted by Crippen LogP contribution is 2.21. The van der Waals surface area contributed by atoms with E-state index in [1.807, 2.05) is 27.9 Å². The van der Waals surface area contributed by atoms with E-state index in [-0.39, 0.29) is 0 Å². The molecule has 3 heteroatoms. The third kappa shape index (κ3) is 5.07. The Bertz CT molecular complexity index is 234. The van der Waals surface area contributed by atoms with E-state index in [9.17, 15) is 9.90 Å². The van der Waals surface area contributed by atoms with Crippen molar-refractivity contribution in [2.24, 2.45) is 0 Å². The first-order valence-electron chi connectivity index (χ1n) is 6.82. The summed E-state index contributed by atoms with van der Waals surface area (Å²) < 4.78 is 0.552. The standard InChI is InChI=1S/C14H29NO2/c1-6-7-8-9-10-11-12-15(4,5)14(2,3)13(16)17/h6-12H2,1-5H3/p+1. The van der Waals surface area contributed by atoms with Gasteiger partial charge in [-0.05, 0) is 12.8 Å². The van der Waals surface area contributed by atoms with Crippen molar-refractivity contribution in [2.45, 2.75) is 64.8 Å². The van der Waals surface area contributed by atoms with Crippen molar-refractivity contribution in [3.8, 4) is 0 Å². The molecular formula is C14H30NO2+. The summed E-state index contributed by atoms with van der Waals surface area (Å²) >= 11 is 0. The Morgan fingerprint density at radius 2 is 1.53 bits per heavy atom. The summed E-state index contributed by atoms with van der Waals surface area (Å²) in [6, 6.07) is 0. The molecule has 102 valence electrons. The number of unbranched alkanes of at least 4 members (excludes halogenated alkanes) is 5. The fourth-order valence-electron chi connectivity index (χ4n) is 1.83. The van der Waals surface area contributed by atoms with Crippen molar-refractivity contribution in [3.63, 3.8) is 0 Å². The quantitative estimate of drug-likeness (QED) is 0.499.